The number of rotatable bonds is 3. The summed E-state index contributed by atoms with van der Waals surface area (Å²) in [5, 5.41) is 0. The van der Waals surface area contributed by atoms with Crippen LogP contribution < -0.4 is 0 Å². The predicted octanol–water partition coefficient (Wildman–Crippen LogP) is 1.96. The van der Waals surface area contributed by atoms with Crippen LogP contribution in [0.1, 0.15) is 0 Å². The fourth-order valence-electron chi connectivity index (χ4n) is 2.57. The molecule has 0 bridgehead atoms. The first-order valence-corrected chi connectivity index (χ1v) is 8.41. The van der Waals surface area contributed by atoms with Crippen molar-refractivity contribution in [3.63, 3.8) is 0 Å². The Morgan fingerprint density at radius 1 is 0.941 bits per heavy atom. The van der Waals surface area contributed by atoms with Gasteiger partial charge in [0.1, 0.15) is 0 Å². The molecule has 3 heteroatoms. The van der Waals surface area contributed by atoms with E-state index in [9.17, 15) is 0 Å². The van der Waals surface area contributed by atoms with Crippen LogP contribution in [0, 0.1) is 5.92 Å². The second-order valence-electron chi connectivity index (χ2n) is 4.66. The van der Waals surface area contributed by atoms with Crippen molar-refractivity contribution in [2.75, 3.05) is 14.1 Å². The summed E-state index contributed by atoms with van der Waals surface area (Å²) in [4.78, 5) is 4.67. The molecule has 0 fully saturated rings. The van der Waals surface area contributed by atoms with Crippen molar-refractivity contribution < 1.29 is 0 Å². The molecule has 0 saturated heterocycles. The molecule has 2 rings (SSSR count). The summed E-state index contributed by atoms with van der Waals surface area (Å²) in [6.45, 7) is 0. The fraction of sp³-hybridized carbons (Fsp3) is 0.429. The molecule has 0 aromatic heterocycles. The van der Waals surface area contributed by atoms with Gasteiger partial charge in [0, 0.05) is 0 Å². The summed E-state index contributed by atoms with van der Waals surface area (Å²) in [5.41, 5.74) is 0. The minimum absolute atomic E-state index is 0.527. The molecule has 17 heavy (non-hydrogen) atoms. The van der Waals surface area contributed by atoms with Gasteiger partial charge in [-0.15, -0.1) is 0 Å². The van der Waals surface area contributed by atoms with Gasteiger partial charge >= 0.3 is 119 Å². The molecule has 2 unspecified atom stereocenters. The van der Waals surface area contributed by atoms with Gasteiger partial charge in [0.25, 0.3) is 0 Å². The Kier molecular flexibility index (Phi) is 4.43. The number of likely N-dealkylation sites (N-methyl/N-ethyl adjacent to an activating group) is 2. The van der Waals surface area contributed by atoms with Gasteiger partial charge in [0.15, 0.2) is 0 Å². The van der Waals surface area contributed by atoms with Crippen LogP contribution in [0.15, 0.2) is 48.9 Å². The van der Waals surface area contributed by atoms with Crippen LogP contribution in [-0.2, 0) is 0 Å². The quantitative estimate of drug-likeness (QED) is 0.781. The van der Waals surface area contributed by atoms with Gasteiger partial charge in [-0.3, -0.25) is 0 Å². The van der Waals surface area contributed by atoms with E-state index >= 15 is 0 Å². The summed E-state index contributed by atoms with van der Waals surface area (Å²) in [5.74, 6) is 0.676. The second kappa shape index (κ2) is 5.85. The molecule has 0 aromatic rings. The Labute approximate surface area is 119 Å². The van der Waals surface area contributed by atoms with Crippen molar-refractivity contribution in [3.05, 3.63) is 48.9 Å². The summed E-state index contributed by atoms with van der Waals surface area (Å²) < 4.78 is 1.31. The van der Waals surface area contributed by atoms with Crippen LogP contribution >= 0.6 is 0 Å². The topological polar surface area (TPSA) is 6.48 Å². The molecule has 0 amide bonds. The Hall–Kier alpha value is -0.570. The van der Waals surface area contributed by atoms with Crippen LogP contribution in [0.2, 0.25) is 4.18 Å². The maximum absolute atomic E-state index is 2.33. The van der Waals surface area contributed by atoms with Gasteiger partial charge in [-0.1, -0.05) is 0 Å². The van der Waals surface area contributed by atoms with Crippen molar-refractivity contribution in [2.24, 2.45) is 5.92 Å². The predicted molar refractivity (Wildman–Crippen MR) is 73.7 cm³/mol. The number of nitrogens with zero attached hydrogens (tertiary/aromatic N) is 2. The molecule has 88 valence electrons. The van der Waals surface area contributed by atoms with Gasteiger partial charge < -0.3 is 0 Å². The van der Waals surface area contributed by atoms with Gasteiger partial charge in [0.2, 0.25) is 0 Å². The van der Waals surface area contributed by atoms with Crippen molar-refractivity contribution in [1.82, 2.24) is 9.80 Å². The van der Waals surface area contributed by atoms with E-state index in [0.29, 0.717) is 18.0 Å². The average molecular weight is 330 g/mol. The fourth-order valence-corrected chi connectivity index (χ4v) is 4.16. The van der Waals surface area contributed by atoms with Crippen molar-refractivity contribution in [2.45, 2.75) is 16.3 Å². The van der Waals surface area contributed by atoms with E-state index in [0.717, 1.165) is 0 Å². The van der Waals surface area contributed by atoms with Crippen molar-refractivity contribution in [3.8, 4) is 0 Å². The number of hydrogen-bond donors (Lipinski definition) is 0. The van der Waals surface area contributed by atoms with Gasteiger partial charge in [-0.2, -0.15) is 0 Å². The van der Waals surface area contributed by atoms with Crippen molar-refractivity contribution >= 4 is 24.4 Å². The van der Waals surface area contributed by atoms with Crippen LogP contribution in [0.25, 0.3) is 0 Å². The zero-order valence-electron chi connectivity index (χ0n) is 10.5. The Bertz CT molecular complexity index is 336. The first kappa shape index (κ1) is 12.9. The van der Waals surface area contributed by atoms with Gasteiger partial charge in [-0.25, -0.2) is 0 Å². The molecule has 0 N–H and O–H groups in total. The molecule has 2 aliphatic heterocycles. The maximum atomic E-state index is 2.33. The third kappa shape index (κ3) is 2.82. The molecule has 2 heterocycles. The molecule has 2 atom stereocenters. The Balaban J connectivity index is 2.16. The third-order valence-electron chi connectivity index (χ3n) is 3.57. The number of hydrogen-bond acceptors (Lipinski definition) is 2. The van der Waals surface area contributed by atoms with Crippen LogP contribution in [0.5, 0.6) is 0 Å². The zero-order valence-corrected chi connectivity index (χ0v) is 13.8. The molecule has 0 spiro atoms. The molecule has 2 aliphatic rings. The second-order valence-corrected chi connectivity index (χ2v) is 6.01. The van der Waals surface area contributed by atoms with Crippen molar-refractivity contribution in [1.29, 1.82) is 0 Å². The van der Waals surface area contributed by atoms with Gasteiger partial charge in [-0.05, 0) is 0 Å². The molecule has 0 aromatic carbocycles. The molecule has 0 aliphatic carbocycles. The summed E-state index contributed by atoms with van der Waals surface area (Å²) in [6, 6.07) is 1.05. The Morgan fingerprint density at radius 3 is 1.76 bits per heavy atom. The van der Waals surface area contributed by atoms with E-state index < -0.39 is 0 Å². The summed E-state index contributed by atoms with van der Waals surface area (Å²) >= 11 is 1.32. The van der Waals surface area contributed by atoms with E-state index in [-0.39, 0.29) is 0 Å². The van der Waals surface area contributed by atoms with E-state index in [1.54, 1.807) is 0 Å². The van der Waals surface area contributed by atoms with E-state index in [1.807, 2.05) is 0 Å². The molecular weight excluding hydrogens is 311 g/mol. The standard InChI is InChI=1S/C14H19N2.In/c1-12(13-8-4-6-10-15(13)2)14-9-5-7-11-16(14)3;/h4-14H,1H2,2-3H3;. The van der Waals surface area contributed by atoms with Crippen LogP contribution in [-0.4, -0.2) is 60.4 Å². The summed E-state index contributed by atoms with van der Waals surface area (Å²) in [6.07, 6.45) is 17.6. The SMILES string of the molecule is CN1C=CC=CC1C([CH2][In])C1C=CC=CN1C. The normalized spacial score (nSPS) is 28.8. The first-order chi connectivity index (χ1) is 8.24. The molecule has 2 radical (unpaired) electrons. The van der Waals surface area contributed by atoms with E-state index in [2.05, 4.69) is 72.8 Å². The molecule has 0 saturated carbocycles. The minimum atomic E-state index is 0.527. The first-order valence-electron chi connectivity index (χ1n) is 6.08. The van der Waals surface area contributed by atoms with Crippen LogP contribution in [0.4, 0.5) is 0 Å². The third-order valence-corrected chi connectivity index (χ3v) is 5.12. The van der Waals surface area contributed by atoms with E-state index in [1.165, 1.54) is 28.6 Å². The van der Waals surface area contributed by atoms with E-state index in [4.69, 9.17) is 0 Å². The van der Waals surface area contributed by atoms with Crippen LogP contribution in [0.3, 0.4) is 0 Å². The Morgan fingerprint density at radius 2 is 1.41 bits per heavy atom. The monoisotopic (exact) mass is 330 g/mol. The molecule has 2 nitrogen and oxygen atoms in total. The summed E-state index contributed by atoms with van der Waals surface area (Å²) in [7, 11) is 4.35. The average Bonchev–Trinajstić information content (AvgIpc) is 2.34. The van der Waals surface area contributed by atoms with Gasteiger partial charge in [0.05, 0.1) is 0 Å². The molecular formula is C14H19InN2. The number of allylic oxidation sites excluding steroid dienone is 4. The zero-order chi connectivity index (χ0) is 12.3.